The van der Waals surface area contributed by atoms with Gasteiger partial charge in [0.1, 0.15) is 0 Å². The van der Waals surface area contributed by atoms with Crippen LogP contribution in [0.4, 0.5) is 13.2 Å². The van der Waals surface area contributed by atoms with Gasteiger partial charge in [0.15, 0.2) is 0 Å². The standard InChI is InChI=1S/C15H13F3IN/c16-15(17,18)12-3-1-2-10(8-12)9-14(20)11-4-6-13(19)7-5-11/h1-8,14H,9,20H2. The van der Waals surface area contributed by atoms with E-state index in [2.05, 4.69) is 22.6 Å². The molecule has 0 saturated heterocycles. The van der Waals surface area contributed by atoms with Crippen LogP contribution in [0.25, 0.3) is 0 Å². The first-order valence-corrected chi connectivity index (χ1v) is 7.11. The summed E-state index contributed by atoms with van der Waals surface area (Å²) < 4.78 is 39.0. The zero-order valence-corrected chi connectivity index (χ0v) is 12.6. The number of halogens is 4. The molecule has 106 valence electrons. The molecule has 0 heterocycles. The monoisotopic (exact) mass is 391 g/mol. The number of nitrogens with two attached hydrogens (primary N) is 1. The lowest BCUT2D eigenvalue weighted by Gasteiger charge is -2.14. The Bertz CT molecular complexity index is 578. The SMILES string of the molecule is NC(Cc1cccc(C(F)(F)F)c1)c1ccc(I)cc1. The van der Waals surface area contributed by atoms with Crippen LogP contribution in [0.15, 0.2) is 48.5 Å². The van der Waals surface area contributed by atoms with Gasteiger partial charge in [-0.25, -0.2) is 0 Å². The van der Waals surface area contributed by atoms with Gasteiger partial charge >= 0.3 is 6.18 Å². The second-order valence-corrected chi connectivity index (χ2v) is 5.81. The molecule has 0 aliphatic rings. The third kappa shape index (κ3) is 3.96. The summed E-state index contributed by atoms with van der Waals surface area (Å²) in [5.74, 6) is 0. The molecule has 0 aliphatic heterocycles. The lowest BCUT2D eigenvalue weighted by Crippen LogP contribution is -2.14. The summed E-state index contributed by atoms with van der Waals surface area (Å²) in [6.07, 6.45) is -3.94. The molecule has 2 aromatic rings. The van der Waals surface area contributed by atoms with Crippen LogP contribution in [0, 0.1) is 3.57 Å². The van der Waals surface area contributed by atoms with Crippen LogP contribution in [0.1, 0.15) is 22.7 Å². The van der Waals surface area contributed by atoms with Gasteiger partial charge in [-0.1, -0.05) is 30.3 Å². The molecule has 0 aliphatic carbocycles. The van der Waals surface area contributed by atoms with E-state index in [0.717, 1.165) is 21.3 Å². The molecule has 1 unspecified atom stereocenters. The average molecular weight is 391 g/mol. The number of alkyl halides is 3. The van der Waals surface area contributed by atoms with Gasteiger partial charge in [-0.05, 0) is 58.3 Å². The minimum atomic E-state index is -4.32. The molecule has 0 amide bonds. The summed E-state index contributed by atoms with van der Waals surface area (Å²) in [4.78, 5) is 0. The van der Waals surface area contributed by atoms with Crippen LogP contribution in [0.2, 0.25) is 0 Å². The molecule has 0 radical (unpaired) electrons. The Morgan fingerprint density at radius 1 is 1.05 bits per heavy atom. The first kappa shape index (κ1) is 15.3. The maximum Gasteiger partial charge on any atom is 0.416 e. The van der Waals surface area contributed by atoms with E-state index in [1.807, 2.05) is 24.3 Å². The molecule has 0 fully saturated rings. The van der Waals surface area contributed by atoms with Crippen LogP contribution < -0.4 is 5.73 Å². The third-order valence-electron chi connectivity index (χ3n) is 3.01. The van der Waals surface area contributed by atoms with Crippen LogP contribution >= 0.6 is 22.6 Å². The van der Waals surface area contributed by atoms with E-state index in [1.165, 1.54) is 6.07 Å². The largest absolute Gasteiger partial charge is 0.416 e. The van der Waals surface area contributed by atoms with Crippen LogP contribution in [-0.4, -0.2) is 0 Å². The van der Waals surface area contributed by atoms with E-state index in [1.54, 1.807) is 6.07 Å². The van der Waals surface area contributed by atoms with Crippen molar-refractivity contribution in [2.45, 2.75) is 18.6 Å². The summed E-state index contributed by atoms with van der Waals surface area (Å²) in [5.41, 5.74) is 6.93. The van der Waals surface area contributed by atoms with E-state index in [0.29, 0.717) is 12.0 Å². The summed E-state index contributed by atoms with van der Waals surface area (Å²) in [5, 5.41) is 0. The molecule has 0 aromatic heterocycles. The molecule has 0 spiro atoms. The molecule has 20 heavy (non-hydrogen) atoms. The van der Waals surface area contributed by atoms with Crippen molar-refractivity contribution in [1.82, 2.24) is 0 Å². The Morgan fingerprint density at radius 2 is 1.70 bits per heavy atom. The van der Waals surface area contributed by atoms with Gasteiger partial charge in [0.2, 0.25) is 0 Å². The molecular formula is C15H13F3IN. The molecule has 2 N–H and O–H groups in total. The van der Waals surface area contributed by atoms with Gasteiger partial charge in [-0.15, -0.1) is 0 Å². The predicted octanol–water partition coefficient (Wildman–Crippen LogP) is 4.55. The number of rotatable bonds is 3. The zero-order valence-electron chi connectivity index (χ0n) is 10.5. The van der Waals surface area contributed by atoms with Crippen molar-refractivity contribution in [1.29, 1.82) is 0 Å². The smallest absolute Gasteiger partial charge is 0.324 e. The van der Waals surface area contributed by atoms with E-state index < -0.39 is 11.7 Å². The van der Waals surface area contributed by atoms with Gasteiger partial charge in [0.25, 0.3) is 0 Å². The molecule has 2 aromatic carbocycles. The Kier molecular flexibility index (Phi) is 4.70. The van der Waals surface area contributed by atoms with Gasteiger partial charge in [-0.3, -0.25) is 0 Å². The second-order valence-electron chi connectivity index (χ2n) is 4.56. The molecular weight excluding hydrogens is 378 g/mol. The Morgan fingerprint density at radius 3 is 2.30 bits per heavy atom. The fourth-order valence-corrected chi connectivity index (χ4v) is 2.32. The van der Waals surface area contributed by atoms with Gasteiger partial charge in [0, 0.05) is 9.61 Å². The topological polar surface area (TPSA) is 26.0 Å². The Hall–Kier alpha value is -1.08. The molecule has 2 rings (SSSR count). The highest BCUT2D eigenvalue weighted by molar-refractivity contribution is 14.1. The Labute approximate surface area is 129 Å². The molecule has 1 atom stereocenters. The summed E-state index contributed by atoms with van der Waals surface area (Å²) in [6.45, 7) is 0. The number of hydrogen-bond donors (Lipinski definition) is 1. The van der Waals surface area contributed by atoms with E-state index >= 15 is 0 Å². The molecule has 0 saturated carbocycles. The van der Waals surface area contributed by atoms with E-state index in [4.69, 9.17) is 5.73 Å². The van der Waals surface area contributed by atoms with Crippen molar-refractivity contribution in [3.8, 4) is 0 Å². The Balaban J connectivity index is 2.15. The maximum atomic E-state index is 12.6. The first-order valence-electron chi connectivity index (χ1n) is 6.03. The lowest BCUT2D eigenvalue weighted by molar-refractivity contribution is -0.137. The van der Waals surface area contributed by atoms with E-state index in [-0.39, 0.29) is 6.04 Å². The summed E-state index contributed by atoms with van der Waals surface area (Å²) >= 11 is 2.19. The minimum absolute atomic E-state index is 0.310. The highest BCUT2D eigenvalue weighted by atomic mass is 127. The number of benzene rings is 2. The summed E-state index contributed by atoms with van der Waals surface area (Å²) in [7, 11) is 0. The van der Waals surface area contributed by atoms with Crippen molar-refractivity contribution in [2.24, 2.45) is 5.73 Å². The van der Waals surface area contributed by atoms with Crippen molar-refractivity contribution >= 4 is 22.6 Å². The van der Waals surface area contributed by atoms with Gasteiger partial charge in [0.05, 0.1) is 5.56 Å². The average Bonchev–Trinajstić information content (AvgIpc) is 2.38. The fraction of sp³-hybridized carbons (Fsp3) is 0.200. The fourth-order valence-electron chi connectivity index (χ4n) is 1.96. The predicted molar refractivity (Wildman–Crippen MR) is 81.2 cm³/mol. The van der Waals surface area contributed by atoms with Crippen molar-refractivity contribution in [3.63, 3.8) is 0 Å². The highest BCUT2D eigenvalue weighted by Crippen LogP contribution is 2.30. The maximum absolute atomic E-state index is 12.6. The lowest BCUT2D eigenvalue weighted by atomic mass is 9.98. The highest BCUT2D eigenvalue weighted by Gasteiger charge is 2.30. The first-order chi connectivity index (χ1) is 9.36. The van der Waals surface area contributed by atoms with Gasteiger partial charge in [-0.2, -0.15) is 13.2 Å². The molecule has 1 nitrogen and oxygen atoms in total. The van der Waals surface area contributed by atoms with Crippen molar-refractivity contribution in [2.75, 3.05) is 0 Å². The normalized spacial score (nSPS) is 13.2. The van der Waals surface area contributed by atoms with Crippen molar-refractivity contribution < 1.29 is 13.2 Å². The molecule has 5 heteroatoms. The van der Waals surface area contributed by atoms with Crippen LogP contribution in [0.5, 0.6) is 0 Å². The second kappa shape index (κ2) is 6.13. The minimum Gasteiger partial charge on any atom is -0.324 e. The van der Waals surface area contributed by atoms with Crippen LogP contribution in [-0.2, 0) is 12.6 Å². The quantitative estimate of drug-likeness (QED) is 0.764. The number of hydrogen-bond acceptors (Lipinski definition) is 1. The zero-order chi connectivity index (χ0) is 14.8. The summed E-state index contributed by atoms with van der Waals surface area (Å²) in [6, 6.07) is 12.7. The van der Waals surface area contributed by atoms with Crippen molar-refractivity contribution in [3.05, 3.63) is 68.8 Å². The third-order valence-corrected chi connectivity index (χ3v) is 3.73. The van der Waals surface area contributed by atoms with Gasteiger partial charge < -0.3 is 5.73 Å². The van der Waals surface area contributed by atoms with E-state index in [9.17, 15) is 13.2 Å². The molecule has 0 bridgehead atoms. The van der Waals surface area contributed by atoms with Crippen LogP contribution in [0.3, 0.4) is 0 Å².